The first kappa shape index (κ1) is 14.5. The molecular weight excluding hydrogens is 240 g/mol. The predicted molar refractivity (Wildman–Crippen MR) is 74.9 cm³/mol. The minimum atomic E-state index is 0.133. The SMILES string of the molecule is O=CC1CCCN(CC(=O)N2CCCCCCC2)C1. The topological polar surface area (TPSA) is 40.6 Å². The monoisotopic (exact) mass is 266 g/mol. The van der Waals surface area contributed by atoms with Gasteiger partial charge in [0.05, 0.1) is 6.54 Å². The first-order valence-electron chi connectivity index (χ1n) is 7.75. The van der Waals surface area contributed by atoms with Crippen LogP contribution in [0, 0.1) is 5.92 Å². The summed E-state index contributed by atoms with van der Waals surface area (Å²) in [5.41, 5.74) is 0. The summed E-state index contributed by atoms with van der Waals surface area (Å²) in [6.07, 6.45) is 9.17. The predicted octanol–water partition coefficient (Wildman–Crippen LogP) is 1.69. The third-order valence-electron chi connectivity index (χ3n) is 4.30. The summed E-state index contributed by atoms with van der Waals surface area (Å²) < 4.78 is 0. The second-order valence-corrected chi connectivity index (χ2v) is 5.92. The highest BCUT2D eigenvalue weighted by molar-refractivity contribution is 5.78. The van der Waals surface area contributed by atoms with Crippen molar-refractivity contribution in [2.24, 2.45) is 5.92 Å². The van der Waals surface area contributed by atoms with E-state index in [0.29, 0.717) is 6.54 Å². The van der Waals surface area contributed by atoms with E-state index in [4.69, 9.17) is 0 Å². The molecule has 0 aliphatic carbocycles. The Labute approximate surface area is 116 Å². The lowest BCUT2D eigenvalue weighted by molar-refractivity contribution is -0.133. The van der Waals surface area contributed by atoms with Gasteiger partial charge < -0.3 is 9.69 Å². The van der Waals surface area contributed by atoms with Crippen molar-refractivity contribution in [3.05, 3.63) is 0 Å². The largest absolute Gasteiger partial charge is 0.342 e. The summed E-state index contributed by atoms with van der Waals surface area (Å²) in [4.78, 5) is 27.4. The number of piperidine rings is 1. The normalized spacial score (nSPS) is 26.5. The molecule has 0 N–H and O–H groups in total. The minimum absolute atomic E-state index is 0.133. The van der Waals surface area contributed by atoms with Gasteiger partial charge >= 0.3 is 0 Å². The summed E-state index contributed by atoms with van der Waals surface area (Å²) in [6.45, 7) is 4.07. The highest BCUT2D eigenvalue weighted by Gasteiger charge is 2.23. The zero-order valence-electron chi connectivity index (χ0n) is 11.9. The molecule has 0 aromatic carbocycles. The molecule has 0 aromatic heterocycles. The summed E-state index contributed by atoms with van der Waals surface area (Å²) >= 11 is 0. The van der Waals surface area contributed by atoms with Crippen molar-refractivity contribution < 1.29 is 9.59 Å². The van der Waals surface area contributed by atoms with Gasteiger partial charge in [-0.25, -0.2) is 0 Å². The summed E-state index contributed by atoms with van der Waals surface area (Å²) in [5, 5.41) is 0. The number of carbonyl (C=O) groups is 2. The molecule has 2 saturated heterocycles. The number of amides is 1. The number of nitrogens with zero attached hydrogens (tertiary/aromatic N) is 2. The van der Waals surface area contributed by atoms with E-state index in [1.54, 1.807) is 0 Å². The zero-order chi connectivity index (χ0) is 13.5. The van der Waals surface area contributed by atoms with Gasteiger partial charge in [-0.15, -0.1) is 0 Å². The average Bonchev–Trinajstić information content (AvgIpc) is 2.38. The van der Waals surface area contributed by atoms with Crippen molar-refractivity contribution in [1.29, 1.82) is 0 Å². The summed E-state index contributed by atoms with van der Waals surface area (Å²) in [7, 11) is 0. The van der Waals surface area contributed by atoms with Crippen LogP contribution in [-0.2, 0) is 9.59 Å². The fourth-order valence-electron chi connectivity index (χ4n) is 3.13. The molecule has 0 bridgehead atoms. The number of rotatable bonds is 3. The van der Waals surface area contributed by atoms with Gasteiger partial charge in [0, 0.05) is 25.6 Å². The lowest BCUT2D eigenvalue weighted by Crippen LogP contribution is -2.45. The zero-order valence-corrected chi connectivity index (χ0v) is 11.9. The fourth-order valence-corrected chi connectivity index (χ4v) is 3.13. The van der Waals surface area contributed by atoms with Crippen LogP contribution in [0.2, 0.25) is 0 Å². The number of hydrogen-bond acceptors (Lipinski definition) is 3. The first-order chi connectivity index (χ1) is 9.29. The molecule has 0 aromatic rings. The lowest BCUT2D eigenvalue weighted by Gasteiger charge is -2.32. The molecule has 1 unspecified atom stereocenters. The smallest absolute Gasteiger partial charge is 0.236 e. The van der Waals surface area contributed by atoms with Crippen LogP contribution in [0.4, 0.5) is 0 Å². The Bertz CT molecular complexity index is 299. The molecule has 4 nitrogen and oxygen atoms in total. The molecule has 0 radical (unpaired) electrons. The number of likely N-dealkylation sites (tertiary alicyclic amines) is 2. The Balaban J connectivity index is 1.79. The Hall–Kier alpha value is -0.900. The van der Waals surface area contributed by atoms with Crippen LogP contribution < -0.4 is 0 Å². The van der Waals surface area contributed by atoms with E-state index in [9.17, 15) is 9.59 Å². The van der Waals surface area contributed by atoms with Crippen molar-refractivity contribution >= 4 is 12.2 Å². The molecular formula is C15H26N2O2. The number of aldehydes is 1. The van der Waals surface area contributed by atoms with E-state index >= 15 is 0 Å². The van der Waals surface area contributed by atoms with Gasteiger partial charge in [-0.1, -0.05) is 19.3 Å². The maximum Gasteiger partial charge on any atom is 0.236 e. The Kier molecular flexibility index (Phi) is 5.83. The van der Waals surface area contributed by atoms with E-state index in [0.717, 1.165) is 58.1 Å². The Morgan fingerprint density at radius 2 is 1.68 bits per heavy atom. The second-order valence-electron chi connectivity index (χ2n) is 5.92. The third-order valence-corrected chi connectivity index (χ3v) is 4.30. The van der Waals surface area contributed by atoms with Crippen LogP contribution in [0.3, 0.4) is 0 Å². The molecule has 0 spiro atoms. The van der Waals surface area contributed by atoms with Gasteiger partial charge in [0.25, 0.3) is 0 Å². The van der Waals surface area contributed by atoms with Crippen LogP contribution in [0.25, 0.3) is 0 Å². The van der Waals surface area contributed by atoms with Crippen molar-refractivity contribution in [1.82, 2.24) is 9.80 Å². The second kappa shape index (κ2) is 7.63. The van der Waals surface area contributed by atoms with Gasteiger partial charge in [-0.2, -0.15) is 0 Å². The van der Waals surface area contributed by atoms with E-state index in [-0.39, 0.29) is 11.8 Å². The van der Waals surface area contributed by atoms with Gasteiger partial charge in [0.2, 0.25) is 5.91 Å². The van der Waals surface area contributed by atoms with Gasteiger partial charge in [0.1, 0.15) is 6.29 Å². The molecule has 2 aliphatic rings. The van der Waals surface area contributed by atoms with Crippen LogP contribution in [0.15, 0.2) is 0 Å². The average molecular weight is 266 g/mol. The molecule has 4 heteroatoms. The molecule has 2 aliphatic heterocycles. The number of carbonyl (C=O) groups excluding carboxylic acids is 2. The van der Waals surface area contributed by atoms with Crippen LogP contribution in [0.5, 0.6) is 0 Å². The molecule has 19 heavy (non-hydrogen) atoms. The van der Waals surface area contributed by atoms with E-state index in [1.165, 1.54) is 19.3 Å². The van der Waals surface area contributed by atoms with Crippen LogP contribution in [-0.4, -0.2) is 54.7 Å². The minimum Gasteiger partial charge on any atom is -0.342 e. The van der Waals surface area contributed by atoms with Gasteiger partial charge in [0.15, 0.2) is 0 Å². The molecule has 0 saturated carbocycles. The molecule has 1 atom stereocenters. The standard InChI is InChI=1S/C15H26N2O2/c18-13-14-7-6-8-16(11-14)12-15(19)17-9-4-2-1-3-5-10-17/h13-14H,1-12H2. The van der Waals surface area contributed by atoms with Crippen molar-refractivity contribution in [3.8, 4) is 0 Å². The highest BCUT2D eigenvalue weighted by Crippen LogP contribution is 2.15. The third kappa shape index (κ3) is 4.60. The van der Waals surface area contributed by atoms with E-state index in [1.807, 2.05) is 4.90 Å². The maximum absolute atomic E-state index is 12.3. The molecule has 2 heterocycles. The summed E-state index contributed by atoms with van der Waals surface area (Å²) in [5.74, 6) is 0.391. The van der Waals surface area contributed by atoms with Crippen molar-refractivity contribution in [3.63, 3.8) is 0 Å². The highest BCUT2D eigenvalue weighted by atomic mass is 16.2. The Morgan fingerprint density at radius 3 is 2.37 bits per heavy atom. The van der Waals surface area contributed by atoms with E-state index in [2.05, 4.69) is 4.90 Å². The Morgan fingerprint density at radius 1 is 1.00 bits per heavy atom. The lowest BCUT2D eigenvalue weighted by atomic mass is 10.00. The van der Waals surface area contributed by atoms with Crippen molar-refractivity contribution in [2.75, 3.05) is 32.7 Å². The van der Waals surface area contributed by atoms with Gasteiger partial charge in [-0.05, 0) is 32.2 Å². The first-order valence-corrected chi connectivity index (χ1v) is 7.75. The van der Waals surface area contributed by atoms with Crippen molar-refractivity contribution in [2.45, 2.75) is 44.9 Å². The van der Waals surface area contributed by atoms with Gasteiger partial charge in [-0.3, -0.25) is 9.69 Å². The summed E-state index contributed by atoms with van der Waals surface area (Å²) in [6, 6.07) is 0. The van der Waals surface area contributed by atoms with E-state index < -0.39 is 0 Å². The maximum atomic E-state index is 12.3. The van der Waals surface area contributed by atoms with Crippen LogP contribution >= 0.6 is 0 Å². The molecule has 1 amide bonds. The molecule has 108 valence electrons. The van der Waals surface area contributed by atoms with Crippen LogP contribution in [0.1, 0.15) is 44.9 Å². The molecule has 2 rings (SSSR count). The fraction of sp³-hybridized carbons (Fsp3) is 0.867. The quantitative estimate of drug-likeness (QED) is 0.730. The molecule has 2 fully saturated rings. The number of hydrogen-bond donors (Lipinski definition) is 0.